The second-order valence-corrected chi connectivity index (χ2v) is 11.5. The van der Waals surface area contributed by atoms with E-state index in [0.29, 0.717) is 5.56 Å². The minimum absolute atomic E-state index is 0.0257. The van der Waals surface area contributed by atoms with Gasteiger partial charge in [0.2, 0.25) is 0 Å². The molecule has 0 spiro atoms. The van der Waals surface area contributed by atoms with Crippen LogP contribution in [0.15, 0.2) is 60.7 Å². The first-order valence-electron chi connectivity index (χ1n) is 15.7. The summed E-state index contributed by atoms with van der Waals surface area (Å²) in [6.45, 7) is 4.82. The van der Waals surface area contributed by atoms with Crippen molar-refractivity contribution in [3.8, 4) is 12.3 Å². The SMILES string of the molecule is C#CCO[C@@H]1O[C@@H]2COC(c3ccccc3)O[C@H]2[C@H](OC(=O)c2ccccc2)[C@H]1O[C@@H]1O[C@@H](C)[C@H](OC(C)=O)[C@@H](OC(C)=O)[C@H]1OC(C)=O. The van der Waals surface area contributed by atoms with Crippen molar-refractivity contribution in [2.45, 2.75) is 95.4 Å². The average molecular weight is 683 g/mol. The number of benzene rings is 2. The van der Waals surface area contributed by atoms with E-state index in [1.165, 1.54) is 6.92 Å². The van der Waals surface area contributed by atoms with Crippen LogP contribution in [0, 0.1) is 12.3 Å². The predicted octanol–water partition coefficient (Wildman–Crippen LogP) is 2.63. The van der Waals surface area contributed by atoms with E-state index in [0.717, 1.165) is 13.8 Å². The highest BCUT2D eigenvalue weighted by Crippen LogP contribution is 2.39. The van der Waals surface area contributed by atoms with Crippen molar-refractivity contribution in [1.82, 2.24) is 0 Å². The third-order valence-electron chi connectivity index (χ3n) is 7.86. The summed E-state index contributed by atoms with van der Waals surface area (Å²) in [5.41, 5.74) is 0.953. The maximum Gasteiger partial charge on any atom is 0.338 e. The number of ether oxygens (including phenoxy) is 10. The molecule has 0 bridgehead atoms. The number of hydrogen-bond donors (Lipinski definition) is 0. The second-order valence-electron chi connectivity index (χ2n) is 11.5. The van der Waals surface area contributed by atoms with Crippen molar-refractivity contribution in [2.75, 3.05) is 13.2 Å². The molecule has 3 fully saturated rings. The second kappa shape index (κ2) is 16.4. The van der Waals surface area contributed by atoms with Gasteiger partial charge in [-0.1, -0.05) is 54.5 Å². The maximum atomic E-state index is 13.6. The smallest absolute Gasteiger partial charge is 0.338 e. The Hall–Kier alpha value is -4.36. The molecule has 3 heterocycles. The monoisotopic (exact) mass is 682 g/mol. The van der Waals surface area contributed by atoms with Crippen LogP contribution < -0.4 is 0 Å². The molecule has 0 radical (unpaired) electrons. The van der Waals surface area contributed by atoms with Gasteiger partial charge in [-0.2, -0.15) is 0 Å². The molecule has 49 heavy (non-hydrogen) atoms. The van der Waals surface area contributed by atoms with Crippen molar-refractivity contribution < 1.29 is 66.5 Å². The first kappa shape index (κ1) is 35.9. The molecule has 3 saturated heterocycles. The summed E-state index contributed by atoms with van der Waals surface area (Å²) in [5.74, 6) is -0.536. The van der Waals surface area contributed by atoms with E-state index >= 15 is 0 Å². The van der Waals surface area contributed by atoms with Crippen LogP contribution in [0.1, 0.15) is 49.9 Å². The van der Waals surface area contributed by atoms with Crippen LogP contribution >= 0.6 is 0 Å². The highest BCUT2D eigenvalue weighted by molar-refractivity contribution is 5.89. The van der Waals surface area contributed by atoms with E-state index in [1.807, 2.05) is 30.3 Å². The van der Waals surface area contributed by atoms with Crippen LogP contribution in [0.3, 0.4) is 0 Å². The number of carbonyl (C=O) groups excluding carboxylic acids is 4. The minimum Gasteiger partial charge on any atom is -0.456 e. The number of fused-ring (bicyclic) bond motifs is 1. The Bertz CT molecular complexity index is 1490. The van der Waals surface area contributed by atoms with Gasteiger partial charge in [0.1, 0.15) is 18.8 Å². The van der Waals surface area contributed by atoms with Crippen molar-refractivity contribution in [3.63, 3.8) is 0 Å². The summed E-state index contributed by atoms with van der Waals surface area (Å²) in [7, 11) is 0. The van der Waals surface area contributed by atoms with E-state index in [4.69, 9.17) is 53.8 Å². The summed E-state index contributed by atoms with van der Waals surface area (Å²) in [6.07, 6.45) is -7.45. The molecular formula is C35H38O14. The van der Waals surface area contributed by atoms with Crippen LogP contribution in [-0.4, -0.2) is 98.5 Å². The van der Waals surface area contributed by atoms with E-state index < -0.39 is 91.6 Å². The molecule has 11 atom stereocenters. The van der Waals surface area contributed by atoms with Crippen LogP contribution in [0.5, 0.6) is 0 Å². The Morgan fingerprint density at radius 3 is 1.98 bits per heavy atom. The van der Waals surface area contributed by atoms with Gasteiger partial charge in [-0.25, -0.2) is 4.79 Å². The maximum absolute atomic E-state index is 13.6. The first-order chi connectivity index (χ1) is 23.5. The summed E-state index contributed by atoms with van der Waals surface area (Å²) in [6, 6.07) is 17.4. The highest BCUT2D eigenvalue weighted by atomic mass is 16.8. The number of terminal acetylenes is 1. The molecule has 2 aromatic rings. The molecule has 2 aromatic carbocycles. The Balaban J connectivity index is 1.54. The Labute approximate surface area is 283 Å². The third-order valence-corrected chi connectivity index (χ3v) is 7.86. The molecule has 1 unspecified atom stereocenters. The Morgan fingerprint density at radius 1 is 0.735 bits per heavy atom. The van der Waals surface area contributed by atoms with Gasteiger partial charge in [0, 0.05) is 26.3 Å². The summed E-state index contributed by atoms with van der Waals surface area (Å²) < 4.78 is 59.8. The highest BCUT2D eigenvalue weighted by Gasteiger charge is 2.57. The topological polar surface area (TPSA) is 161 Å². The van der Waals surface area contributed by atoms with Gasteiger partial charge in [0.05, 0.1) is 18.3 Å². The molecule has 14 heteroatoms. The number of esters is 4. The molecule has 262 valence electrons. The molecule has 14 nitrogen and oxygen atoms in total. The lowest BCUT2D eigenvalue weighted by Crippen LogP contribution is -2.67. The Morgan fingerprint density at radius 2 is 1.35 bits per heavy atom. The van der Waals surface area contributed by atoms with Gasteiger partial charge in [-0.05, 0) is 19.1 Å². The quantitative estimate of drug-likeness (QED) is 0.204. The summed E-state index contributed by atoms with van der Waals surface area (Å²) in [4.78, 5) is 50.2. The molecule has 0 aromatic heterocycles. The van der Waals surface area contributed by atoms with Crippen LogP contribution in [-0.2, 0) is 61.8 Å². The molecule has 3 aliphatic rings. The van der Waals surface area contributed by atoms with Gasteiger partial charge in [-0.15, -0.1) is 6.42 Å². The normalized spacial score (nSPS) is 32.4. The lowest BCUT2D eigenvalue weighted by atomic mass is 9.96. The van der Waals surface area contributed by atoms with Gasteiger partial charge in [0.25, 0.3) is 0 Å². The zero-order valence-corrected chi connectivity index (χ0v) is 27.3. The van der Waals surface area contributed by atoms with Gasteiger partial charge >= 0.3 is 23.9 Å². The van der Waals surface area contributed by atoms with E-state index in [1.54, 1.807) is 37.3 Å². The van der Waals surface area contributed by atoms with Crippen LogP contribution in [0.2, 0.25) is 0 Å². The molecule has 0 N–H and O–H groups in total. The largest absolute Gasteiger partial charge is 0.456 e. The first-order valence-corrected chi connectivity index (χ1v) is 15.7. The minimum atomic E-state index is -1.50. The fourth-order valence-electron chi connectivity index (χ4n) is 5.87. The van der Waals surface area contributed by atoms with Crippen molar-refractivity contribution >= 4 is 23.9 Å². The van der Waals surface area contributed by atoms with Crippen molar-refractivity contribution in [3.05, 3.63) is 71.8 Å². The Kier molecular flexibility index (Phi) is 12.0. The van der Waals surface area contributed by atoms with Gasteiger partial charge < -0.3 is 47.4 Å². The third kappa shape index (κ3) is 8.82. The predicted molar refractivity (Wildman–Crippen MR) is 165 cm³/mol. The number of hydrogen-bond acceptors (Lipinski definition) is 14. The zero-order valence-electron chi connectivity index (χ0n) is 27.3. The van der Waals surface area contributed by atoms with Gasteiger partial charge in [-0.3, -0.25) is 14.4 Å². The van der Waals surface area contributed by atoms with E-state index in [9.17, 15) is 19.2 Å². The molecular weight excluding hydrogens is 644 g/mol. The molecule has 0 aliphatic carbocycles. The summed E-state index contributed by atoms with van der Waals surface area (Å²) in [5, 5.41) is 0. The number of carbonyl (C=O) groups is 4. The van der Waals surface area contributed by atoms with Crippen LogP contribution in [0.25, 0.3) is 0 Å². The van der Waals surface area contributed by atoms with Crippen molar-refractivity contribution in [2.24, 2.45) is 0 Å². The fraction of sp³-hybridized carbons (Fsp3) is 0.486. The van der Waals surface area contributed by atoms with Crippen LogP contribution in [0.4, 0.5) is 0 Å². The molecule has 0 saturated carbocycles. The molecule has 3 aliphatic heterocycles. The number of rotatable bonds is 10. The lowest BCUT2D eigenvalue weighted by Gasteiger charge is -2.50. The lowest BCUT2D eigenvalue weighted by molar-refractivity contribution is -0.390. The average Bonchev–Trinajstić information content (AvgIpc) is 3.08. The molecule has 5 rings (SSSR count). The summed E-state index contributed by atoms with van der Waals surface area (Å²) >= 11 is 0. The van der Waals surface area contributed by atoms with Crippen molar-refractivity contribution in [1.29, 1.82) is 0 Å². The van der Waals surface area contributed by atoms with Gasteiger partial charge in [0.15, 0.2) is 49.4 Å². The molecule has 0 amide bonds. The zero-order chi connectivity index (χ0) is 35.1. The van der Waals surface area contributed by atoms with E-state index in [2.05, 4.69) is 5.92 Å². The van der Waals surface area contributed by atoms with E-state index in [-0.39, 0.29) is 18.8 Å². The standard InChI is InChI=1S/C35H38O14/c1-6-17-40-34-30(49-35-31(45-22(5)38)28(44-21(4)37)26(19(2)42-35)43-20(3)36)29(47-32(39)23-13-9-7-10-14-23)27-25(46-34)18-41-33(48-27)24-15-11-8-12-16-24/h1,7-16,19,25-31,33-35H,17-18H2,2-5H3/t19-,25+,26-,27+,28+,29-,30+,31+,33?,34+,35-/m0/s1. The fourth-order valence-corrected chi connectivity index (χ4v) is 5.87.